The number of nitrogens with zero attached hydrogens (tertiary/aromatic N) is 1. The minimum Gasteiger partial charge on any atom is -0.379 e. The lowest BCUT2D eigenvalue weighted by Gasteiger charge is -2.37. The van der Waals surface area contributed by atoms with Crippen molar-refractivity contribution >= 4 is 5.91 Å². The van der Waals surface area contributed by atoms with E-state index in [9.17, 15) is 4.79 Å². The van der Waals surface area contributed by atoms with Crippen LogP contribution in [-0.4, -0.2) is 36.6 Å². The fourth-order valence-corrected chi connectivity index (χ4v) is 2.60. The summed E-state index contributed by atoms with van der Waals surface area (Å²) in [4.78, 5) is 13.6. The van der Waals surface area contributed by atoms with E-state index in [1.165, 1.54) is 0 Å². The third-order valence-electron chi connectivity index (χ3n) is 3.62. The summed E-state index contributed by atoms with van der Waals surface area (Å²) in [5.74, 6) is 0.668. The smallest absolute Gasteiger partial charge is 0.219 e. The SMILES string of the molecule is CCCN(C(C)=O)[C@@H](C)C(OC)C(CC)CC. The van der Waals surface area contributed by atoms with Crippen molar-refractivity contribution in [1.82, 2.24) is 4.90 Å². The molecule has 0 aromatic rings. The van der Waals surface area contributed by atoms with Crippen LogP contribution in [0.4, 0.5) is 0 Å². The average molecular weight is 243 g/mol. The molecule has 0 rings (SSSR count). The van der Waals surface area contributed by atoms with Gasteiger partial charge in [0.05, 0.1) is 12.1 Å². The van der Waals surface area contributed by atoms with Gasteiger partial charge in [-0.15, -0.1) is 0 Å². The molecule has 0 fully saturated rings. The molecule has 2 atom stereocenters. The zero-order valence-corrected chi connectivity index (χ0v) is 12.3. The van der Waals surface area contributed by atoms with Crippen LogP contribution < -0.4 is 0 Å². The van der Waals surface area contributed by atoms with Gasteiger partial charge < -0.3 is 9.64 Å². The normalized spacial score (nSPS) is 14.8. The third-order valence-corrected chi connectivity index (χ3v) is 3.62. The summed E-state index contributed by atoms with van der Waals surface area (Å²) in [5.41, 5.74) is 0. The molecular weight excluding hydrogens is 214 g/mol. The third kappa shape index (κ3) is 4.66. The van der Waals surface area contributed by atoms with Gasteiger partial charge >= 0.3 is 0 Å². The van der Waals surface area contributed by atoms with Gasteiger partial charge in [-0.3, -0.25) is 4.79 Å². The molecule has 0 saturated carbocycles. The first-order valence-electron chi connectivity index (χ1n) is 6.83. The lowest BCUT2D eigenvalue weighted by atomic mass is 9.91. The van der Waals surface area contributed by atoms with Gasteiger partial charge in [-0.05, 0) is 19.3 Å². The highest BCUT2D eigenvalue weighted by atomic mass is 16.5. The van der Waals surface area contributed by atoms with Gasteiger partial charge in [0, 0.05) is 20.6 Å². The van der Waals surface area contributed by atoms with Crippen LogP contribution in [0.3, 0.4) is 0 Å². The van der Waals surface area contributed by atoms with Gasteiger partial charge in [-0.25, -0.2) is 0 Å². The maximum atomic E-state index is 11.7. The van der Waals surface area contributed by atoms with Crippen molar-refractivity contribution in [2.45, 2.75) is 66.0 Å². The predicted molar refractivity (Wildman–Crippen MR) is 72.0 cm³/mol. The summed E-state index contributed by atoms with van der Waals surface area (Å²) >= 11 is 0. The Bertz CT molecular complexity index is 214. The topological polar surface area (TPSA) is 29.5 Å². The monoisotopic (exact) mass is 243 g/mol. The molecule has 0 saturated heterocycles. The Morgan fingerprint density at radius 1 is 1.24 bits per heavy atom. The standard InChI is InChI=1S/C14H29NO2/c1-7-10-15(12(5)16)11(4)14(17-6)13(8-2)9-3/h11,13-14H,7-10H2,1-6H3/t11-,14?/m0/s1. The van der Waals surface area contributed by atoms with E-state index >= 15 is 0 Å². The van der Waals surface area contributed by atoms with Crippen molar-refractivity contribution in [3.05, 3.63) is 0 Å². The molecule has 102 valence electrons. The highest BCUT2D eigenvalue weighted by Crippen LogP contribution is 2.22. The number of ether oxygens (including phenoxy) is 1. The van der Waals surface area contributed by atoms with E-state index in [0.29, 0.717) is 5.92 Å². The van der Waals surface area contributed by atoms with E-state index in [1.807, 2.05) is 4.90 Å². The summed E-state index contributed by atoms with van der Waals surface area (Å²) in [6, 6.07) is 0.155. The highest BCUT2D eigenvalue weighted by molar-refractivity contribution is 5.73. The fourth-order valence-electron chi connectivity index (χ4n) is 2.60. The minimum atomic E-state index is 0.139. The fraction of sp³-hybridized carbons (Fsp3) is 0.929. The molecule has 0 N–H and O–H groups in total. The Morgan fingerprint density at radius 3 is 2.06 bits per heavy atom. The molecule has 17 heavy (non-hydrogen) atoms. The average Bonchev–Trinajstić information content (AvgIpc) is 2.31. The molecule has 0 aliphatic carbocycles. The Kier molecular flexibility index (Phi) is 8.23. The van der Waals surface area contributed by atoms with E-state index < -0.39 is 0 Å². The van der Waals surface area contributed by atoms with Crippen LogP contribution in [0.2, 0.25) is 0 Å². The molecule has 0 radical (unpaired) electrons. The van der Waals surface area contributed by atoms with Crippen molar-refractivity contribution in [1.29, 1.82) is 0 Å². The van der Waals surface area contributed by atoms with Crippen LogP contribution in [-0.2, 0) is 9.53 Å². The minimum absolute atomic E-state index is 0.139. The van der Waals surface area contributed by atoms with Gasteiger partial charge in [0.25, 0.3) is 0 Å². The van der Waals surface area contributed by atoms with Crippen molar-refractivity contribution in [3.8, 4) is 0 Å². The molecule has 0 aromatic carbocycles. The van der Waals surface area contributed by atoms with E-state index in [2.05, 4.69) is 27.7 Å². The van der Waals surface area contributed by atoms with Gasteiger partial charge in [-0.1, -0.05) is 33.6 Å². The number of methoxy groups -OCH3 is 1. The summed E-state index contributed by atoms with van der Waals surface area (Å²) < 4.78 is 5.64. The largest absolute Gasteiger partial charge is 0.379 e. The Hall–Kier alpha value is -0.570. The Labute approximate surface area is 107 Å². The van der Waals surface area contributed by atoms with Gasteiger partial charge in [0.15, 0.2) is 0 Å². The number of rotatable bonds is 8. The molecular formula is C14H29NO2. The number of carbonyl (C=O) groups excluding carboxylic acids is 1. The summed E-state index contributed by atoms with van der Waals surface area (Å²) in [6.45, 7) is 11.0. The van der Waals surface area contributed by atoms with E-state index in [-0.39, 0.29) is 18.1 Å². The van der Waals surface area contributed by atoms with Crippen molar-refractivity contribution < 1.29 is 9.53 Å². The van der Waals surface area contributed by atoms with E-state index in [0.717, 1.165) is 25.8 Å². The zero-order chi connectivity index (χ0) is 13.4. The van der Waals surface area contributed by atoms with Crippen LogP contribution >= 0.6 is 0 Å². The number of hydrogen-bond donors (Lipinski definition) is 0. The van der Waals surface area contributed by atoms with Crippen LogP contribution in [0.25, 0.3) is 0 Å². The molecule has 0 heterocycles. The number of carbonyl (C=O) groups is 1. The maximum Gasteiger partial charge on any atom is 0.219 e. The second-order valence-electron chi connectivity index (χ2n) is 4.73. The first-order chi connectivity index (χ1) is 8.03. The lowest BCUT2D eigenvalue weighted by molar-refractivity contribution is -0.135. The van der Waals surface area contributed by atoms with Gasteiger partial charge in [0.2, 0.25) is 5.91 Å². The molecule has 0 aliphatic rings. The second kappa shape index (κ2) is 8.51. The molecule has 0 aliphatic heterocycles. The molecule has 1 unspecified atom stereocenters. The van der Waals surface area contributed by atoms with E-state index in [1.54, 1.807) is 14.0 Å². The Balaban J connectivity index is 4.79. The second-order valence-corrected chi connectivity index (χ2v) is 4.73. The summed E-state index contributed by atoms with van der Waals surface area (Å²) in [7, 11) is 1.75. The van der Waals surface area contributed by atoms with E-state index in [4.69, 9.17) is 4.74 Å². The molecule has 1 amide bonds. The highest BCUT2D eigenvalue weighted by Gasteiger charge is 2.29. The zero-order valence-electron chi connectivity index (χ0n) is 12.3. The van der Waals surface area contributed by atoms with Crippen LogP contribution in [0, 0.1) is 5.92 Å². The van der Waals surface area contributed by atoms with Gasteiger partial charge in [0.1, 0.15) is 0 Å². The lowest BCUT2D eigenvalue weighted by Crippen LogP contribution is -2.48. The summed E-state index contributed by atoms with van der Waals surface area (Å²) in [5, 5.41) is 0. The number of hydrogen-bond acceptors (Lipinski definition) is 2. The van der Waals surface area contributed by atoms with Crippen molar-refractivity contribution in [3.63, 3.8) is 0 Å². The number of amides is 1. The molecule has 0 bridgehead atoms. The van der Waals surface area contributed by atoms with Crippen molar-refractivity contribution in [2.24, 2.45) is 5.92 Å². The first-order valence-corrected chi connectivity index (χ1v) is 6.83. The maximum absolute atomic E-state index is 11.7. The molecule has 0 aromatic heterocycles. The molecule has 3 heteroatoms. The van der Waals surface area contributed by atoms with Crippen LogP contribution in [0.1, 0.15) is 53.9 Å². The van der Waals surface area contributed by atoms with Crippen LogP contribution in [0.5, 0.6) is 0 Å². The van der Waals surface area contributed by atoms with Crippen molar-refractivity contribution in [2.75, 3.05) is 13.7 Å². The Morgan fingerprint density at radius 2 is 1.76 bits per heavy atom. The molecule has 0 spiro atoms. The quantitative estimate of drug-likeness (QED) is 0.655. The predicted octanol–water partition coefficient (Wildman–Crippen LogP) is 3.08. The van der Waals surface area contributed by atoms with Crippen LogP contribution in [0.15, 0.2) is 0 Å². The van der Waals surface area contributed by atoms with Gasteiger partial charge in [-0.2, -0.15) is 0 Å². The first kappa shape index (κ1) is 16.4. The summed E-state index contributed by atoms with van der Waals surface area (Å²) in [6.07, 6.45) is 3.32. The molecule has 3 nitrogen and oxygen atoms in total.